The van der Waals surface area contributed by atoms with Crippen LogP contribution in [-0.2, 0) is 6.54 Å². The van der Waals surface area contributed by atoms with Crippen LogP contribution in [0.2, 0.25) is 0 Å². The summed E-state index contributed by atoms with van der Waals surface area (Å²) in [6, 6.07) is 17.0. The number of amidine groups is 1. The van der Waals surface area contributed by atoms with Crippen LogP contribution in [0.5, 0.6) is 0 Å². The van der Waals surface area contributed by atoms with Crippen molar-refractivity contribution in [3.63, 3.8) is 0 Å². The number of hydrogen-bond acceptors (Lipinski definition) is 3. The molecule has 4 heteroatoms. The Morgan fingerprint density at radius 1 is 1.00 bits per heavy atom. The molecule has 0 unspecified atom stereocenters. The lowest BCUT2D eigenvalue weighted by atomic mass is 9.84. The van der Waals surface area contributed by atoms with Crippen molar-refractivity contribution < 1.29 is 0 Å². The van der Waals surface area contributed by atoms with Gasteiger partial charge in [0.1, 0.15) is 5.84 Å². The van der Waals surface area contributed by atoms with E-state index in [9.17, 15) is 0 Å². The zero-order chi connectivity index (χ0) is 16.4. The summed E-state index contributed by atoms with van der Waals surface area (Å²) in [5, 5.41) is 10.9. The van der Waals surface area contributed by atoms with Crippen LogP contribution in [0.3, 0.4) is 0 Å². The summed E-state index contributed by atoms with van der Waals surface area (Å²) in [6.07, 6.45) is 2.09. The SMILES string of the molecule is Cc1ccc2c(c1)NC(=NCc1ccccc1)C1(CCNCC1)N2. The molecule has 1 spiro atoms. The predicted octanol–water partition coefficient (Wildman–Crippen LogP) is 3.55. The van der Waals surface area contributed by atoms with Crippen LogP contribution in [0.4, 0.5) is 11.4 Å². The van der Waals surface area contributed by atoms with Crippen LogP contribution < -0.4 is 16.0 Å². The molecule has 0 saturated carbocycles. The Bertz CT molecular complexity index is 745. The van der Waals surface area contributed by atoms with E-state index in [0.717, 1.165) is 37.5 Å². The first-order chi connectivity index (χ1) is 11.8. The van der Waals surface area contributed by atoms with E-state index in [-0.39, 0.29) is 5.54 Å². The van der Waals surface area contributed by atoms with E-state index in [4.69, 9.17) is 4.99 Å². The molecule has 24 heavy (non-hydrogen) atoms. The minimum absolute atomic E-state index is 0.0811. The first-order valence-corrected chi connectivity index (χ1v) is 8.71. The van der Waals surface area contributed by atoms with Crippen molar-refractivity contribution in [2.75, 3.05) is 23.7 Å². The Hall–Kier alpha value is -2.33. The zero-order valence-corrected chi connectivity index (χ0v) is 14.1. The topological polar surface area (TPSA) is 48.5 Å². The van der Waals surface area contributed by atoms with Gasteiger partial charge in [0, 0.05) is 0 Å². The molecule has 4 rings (SSSR count). The second-order valence-electron chi connectivity index (χ2n) is 6.78. The Morgan fingerprint density at radius 2 is 1.79 bits per heavy atom. The molecule has 1 fully saturated rings. The smallest absolute Gasteiger partial charge is 0.127 e. The number of hydrogen-bond donors (Lipinski definition) is 3. The maximum Gasteiger partial charge on any atom is 0.127 e. The molecule has 0 radical (unpaired) electrons. The Morgan fingerprint density at radius 3 is 2.58 bits per heavy atom. The number of nitrogens with zero attached hydrogens (tertiary/aromatic N) is 1. The molecule has 0 bridgehead atoms. The molecule has 0 amide bonds. The van der Waals surface area contributed by atoms with Crippen molar-refractivity contribution in [1.82, 2.24) is 5.32 Å². The number of fused-ring (bicyclic) bond motifs is 1. The molecule has 3 N–H and O–H groups in total. The Labute approximate surface area is 143 Å². The van der Waals surface area contributed by atoms with Crippen LogP contribution in [0.1, 0.15) is 24.0 Å². The molecule has 2 aromatic carbocycles. The largest absolute Gasteiger partial charge is 0.371 e. The summed E-state index contributed by atoms with van der Waals surface area (Å²) in [6.45, 7) is 4.86. The van der Waals surface area contributed by atoms with Crippen LogP contribution in [0.15, 0.2) is 53.5 Å². The van der Waals surface area contributed by atoms with Gasteiger partial charge in [-0.25, -0.2) is 0 Å². The van der Waals surface area contributed by atoms with Crippen LogP contribution in [0, 0.1) is 6.92 Å². The maximum absolute atomic E-state index is 4.97. The highest BCUT2D eigenvalue weighted by atomic mass is 15.2. The van der Waals surface area contributed by atoms with Gasteiger partial charge in [-0.05, 0) is 56.1 Å². The molecule has 0 aromatic heterocycles. The van der Waals surface area contributed by atoms with Crippen molar-refractivity contribution in [1.29, 1.82) is 0 Å². The fourth-order valence-corrected chi connectivity index (χ4v) is 3.59. The van der Waals surface area contributed by atoms with Crippen molar-refractivity contribution in [2.24, 2.45) is 4.99 Å². The highest BCUT2D eigenvalue weighted by Gasteiger charge is 2.40. The lowest BCUT2D eigenvalue weighted by Gasteiger charge is -2.44. The Balaban J connectivity index is 1.68. The molecule has 1 saturated heterocycles. The van der Waals surface area contributed by atoms with Crippen LogP contribution in [-0.4, -0.2) is 24.5 Å². The molecule has 2 aromatic rings. The number of nitrogens with one attached hydrogen (secondary N) is 3. The third-order valence-electron chi connectivity index (χ3n) is 4.98. The van der Waals surface area contributed by atoms with Gasteiger partial charge >= 0.3 is 0 Å². The van der Waals surface area contributed by atoms with Gasteiger partial charge in [0.05, 0.1) is 23.5 Å². The number of anilines is 2. The summed E-state index contributed by atoms with van der Waals surface area (Å²) in [4.78, 5) is 4.97. The average Bonchev–Trinajstić information content (AvgIpc) is 2.62. The van der Waals surface area contributed by atoms with E-state index in [0.29, 0.717) is 6.54 Å². The van der Waals surface area contributed by atoms with Crippen LogP contribution >= 0.6 is 0 Å². The quantitative estimate of drug-likeness (QED) is 0.793. The van der Waals surface area contributed by atoms with E-state index < -0.39 is 0 Å². The van der Waals surface area contributed by atoms with Gasteiger partial charge in [-0.1, -0.05) is 36.4 Å². The molecule has 0 atom stereocenters. The van der Waals surface area contributed by atoms with Gasteiger partial charge in [0.2, 0.25) is 0 Å². The first kappa shape index (κ1) is 15.2. The number of aryl methyl sites for hydroxylation is 1. The molecule has 124 valence electrons. The molecular weight excluding hydrogens is 296 g/mol. The second kappa shape index (κ2) is 6.29. The van der Waals surface area contributed by atoms with E-state index in [2.05, 4.69) is 65.3 Å². The third-order valence-corrected chi connectivity index (χ3v) is 4.98. The van der Waals surface area contributed by atoms with Crippen molar-refractivity contribution in [3.05, 3.63) is 59.7 Å². The highest BCUT2D eigenvalue weighted by molar-refractivity contribution is 6.09. The van der Waals surface area contributed by atoms with Gasteiger partial charge in [-0.2, -0.15) is 0 Å². The molecule has 2 aliphatic heterocycles. The zero-order valence-electron chi connectivity index (χ0n) is 14.1. The van der Waals surface area contributed by atoms with Crippen molar-refractivity contribution in [2.45, 2.75) is 31.8 Å². The lowest BCUT2D eigenvalue weighted by Crippen LogP contribution is -2.57. The monoisotopic (exact) mass is 320 g/mol. The van der Waals surface area contributed by atoms with Gasteiger partial charge in [0.15, 0.2) is 0 Å². The number of benzene rings is 2. The standard InChI is InChI=1S/C20H24N4/c1-15-7-8-17-18(13-15)23-19(20(24-17)9-11-21-12-10-20)22-14-16-5-3-2-4-6-16/h2-8,13,21,24H,9-12,14H2,1H3,(H,22,23). The lowest BCUT2D eigenvalue weighted by molar-refractivity contribution is 0.419. The molecule has 0 aliphatic carbocycles. The molecule has 4 nitrogen and oxygen atoms in total. The third kappa shape index (κ3) is 2.89. The average molecular weight is 320 g/mol. The summed E-state index contributed by atoms with van der Waals surface area (Å²) < 4.78 is 0. The van der Waals surface area contributed by atoms with Crippen molar-refractivity contribution in [3.8, 4) is 0 Å². The number of rotatable bonds is 2. The fraction of sp³-hybridized carbons (Fsp3) is 0.350. The minimum atomic E-state index is -0.0811. The second-order valence-corrected chi connectivity index (χ2v) is 6.78. The number of piperidine rings is 1. The van der Waals surface area contributed by atoms with Gasteiger partial charge < -0.3 is 16.0 Å². The van der Waals surface area contributed by atoms with Crippen molar-refractivity contribution >= 4 is 17.2 Å². The van der Waals surface area contributed by atoms with E-state index in [1.165, 1.54) is 16.8 Å². The van der Waals surface area contributed by atoms with E-state index in [1.807, 2.05) is 6.07 Å². The van der Waals surface area contributed by atoms with Gasteiger partial charge in [0.25, 0.3) is 0 Å². The van der Waals surface area contributed by atoms with Gasteiger partial charge in [-0.15, -0.1) is 0 Å². The first-order valence-electron chi connectivity index (χ1n) is 8.71. The minimum Gasteiger partial charge on any atom is -0.371 e. The molecular formula is C20H24N4. The normalized spacial score (nSPS) is 20.3. The summed E-state index contributed by atoms with van der Waals surface area (Å²) in [5.74, 6) is 1.07. The summed E-state index contributed by atoms with van der Waals surface area (Å²) in [5.41, 5.74) is 4.73. The van der Waals surface area contributed by atoms with Gasteiger partial charge in [-0.3, -0.25) is 4.99 Å². The fourth-order valence-electron chi connectivity index (χ4n) is 3.59. The van der Waals surface area contributed by atoms with E-state index >= 15 is 0 Å². The molecule has 2 heterocycles. The Kier molecular flexibility index (Phi) is 3.98. The van der Waals surface area contributed by atoms with Crippen LogP contribution in [0.25, 0.3) is 0 Å². The summed E-state index contributed by atoms with van der Waals surface area (Å²) in [7, 11) is 0. The number of aliphatic imine (C=N–C) groups is 1. The highest BCUT2D eigenvalue weighted by Crippen LogP contribution is 2.36. The van der Waals surface area contributed by atoms with E-state index in [1.54, 1.807) is 0 Å². The summed E-state index contributed by atoms with van der Waals surface area (Å²) >= 11 is 0. The maximum atomic E-state index is 4.97. The molecule has 2 aliphatic rings. The predicted molar refractivity (Wildman–Crippen MR) is 101 cm³/mol.